The summed E-state index contributed by atoms with van der Waals surface area (Å²) in [6.07, 6.45) is 0.685. The lowest BCUT2D eigenvalue weighted by Crippen LogP contribution is -2.48. The van der Waals surface area contributed by atoms with Gasteiger partial charge in [0, 0.05) is 5.69 Å². The molecule has 5 nitrogen and oxygen atoms in total. The smallest absolute Gasteiger partial charge is 0.309 e. The Morgan fingerprint density at radius 3 is 2.54 bits per heavy atom. The molecule has 0 amide bonds. The topological polar surface area (TPSA) is 92.4 Å². The SMILES string of the molecule is NC1Cc2ccccc2NC(C(Cc2ccccc2)C(=O)O)C1=O. The summed E-state index contributed by atoms with van der Waals surface area (Å²) in [5, 5.41) is 12.8. The molecular formula is C19H20N2O3. The van der Waals surface area contributed by atoms with Gasteiger partial charge < -0.3 is 16.2 Å². The van der Waals surface area contributed by atoms with E-state index in [1.165, 1.54) is 0 Å². The van der Waals surface area contributed by atoms with Crippen molar-refractivity contribution >= 4 is 17.4 Å². The Kier molecular flexibility index (Phi) is 4.62. The molecule has 4 N–H and O–H groups in total. The zero-order chi connectivity index (χ0) is 17.1. The molecule has 5 heteroatoms. The lowest BCUT2D eigenvalue weighted by Gasteiger charge is -2.25. The van der Waals surface area contributed by atoms with Gasteiger partial charge in [0.1, 0.15) is 6.04 Å². The third-order valence-electron chi connectivity index (χ3n) is 4.46. The van der Waals surface area contributed by atoms with Gasteiger partial charge in [0.05, 0.1) is 12.0 Å². The highest BCUT2D eigenvalue weighted by atomic mass is 16.4. The summed E-state index contributed by atoms with van der Waals surface area (Å²) in [6.45, 7) is 0. The summed E-state index contributed by atoms with van der Waals surface area (Å²) in [5.41, 5.74) is 8.63. The van der Waals surface area contributed by atoms with Gasteiger partial charge in [-0.1, -0.05) is 48.5 Å². The predicted molar refractivity (Wildman–Crippen MR) is 91.8 cm³/mol. The van der Waals surface area contributed by atoms with E-state index in [2.05, 4.69) is 5.32 Å². The van der Waals surface area contributed by atoms with Crippen LogP contribution in [0.4, 0.5) is 5.69 Å². The summed E-state index contributed by atoms with van der Waals surface area (Å²) >= 11 is 0. The molecule has 3 atom stereocenters. The minimum Gasteiger partial charge on any atom is -0.481 e. The minimum absolute atomic E-state index is 0.255. The molecule has 1 heterocycles. The van der Waals surface area contributed by atoms with Crippen LogP contribution < -0.4 is 11.1 Å². The van der Waals surface area contributed by atoms with Crippen molar-refractivity contribution in [3.8, 4) is 0 Å². The molecule has 0 saturated heterocycles. The van der Waals surface area contributed by atoms with Crippen molar-refractivity contribution in [2.75, 3.05) is 5.32 Å². The number of carboxylic acid groups (broad SMARTS) is 1. The molecule has 0 bridgehead atoms. The summed E-state index contributed by atoms with van der Waals surface area (Å²) in [5.74, 6) is -2.14. The van der Waals surface area contributed by atoms with Gasteiger partial charge in [0.25, 0.3) is 0 Å². The van der Waals surface area contributed by atoms with E-state index in [0.29, 0.717) is 6.42 Å². The average Bonchev–Trinajstić information content (AvgIpc) is 2.71. The first kappa shape index (κ1) is 16.2. The highest BCUT2D eigenvalue weighted by Crippen LogP contribution is 2.26. The number of aliphatic carboxylic acids is 1. The number of benzene rings is 2. The van der Waals surface area contributed by atoms with Gasteiger partial charge >= 0.3 is 5.97 Å². The molecule has 3 unspecified atom stereocenters. The average molecular weight is 324 g/mol. The van der Waals surface area contributed by atoms with Gasteiger partial charge in [0.15, 0.2) is 5.78 Å². The summed E-state index contributed by atoms with van der Waals surface area (Å²) in [7, 11) is 0. The lowest BCUT2D eigenvalue weighted by molar-refractivity contribution is -0.144. The highest BCUT2D eigenvalue weighted by molar-refractivity contribution is 5.96. The molecule has 0 aromatic heterocycles. The van der Waals surface area contributed by atoms with Crippen molar-refractivity contribution in [1.29, 1.82) is 0 Å². The van der Waals surface area contributed by atoms with E-state index in [9.17, 15) is 14.7 Å². The lowest BCUT2D eigenvalue weighted by atomic mass is 9.87. The zero-order valence-electron chi connectivity index (χ0n) is 13.2. The molecule has 1 aliphatic rings. The fourth-order valence-electron chi connectivity index (χ4n) is 3.16. The Hall–Kier alpha value is -2.66. The van der Waals surface area contributed by atoms with Crippen LogP contribution in [-0.2, 0) is 22.4 Å². The van der Waals surface area contributed by atoms with Crippen LogP contribution in [0.1, 0.15) is 11.1 Å². The fraction of sp³-hybridized carbons (Fsp3) is 0.263. The molecule has 124 valence electrons. The van der Waals surface area contributed by atoms with Gasteiger partial charge in [-0.3, -0.25) is 9.59 Å². The Morgan fingerprint density at radius 1 is 1.17 bits per heavy atom. The quantitative estimate of drug-likeness (QED) is 0.798. The molecule has 24 heavy (non-hydrogen) atoms. The molecule has 0 saturated carbocycles. The Morgan fingerprint density at radius 2 is 1.83 bits per heavy atom. The van der Waals surface area contributed by atoms with E-state index in [-0.39, 0.29) is 12.2 Å². The predicted octanol–water partition coefficient (Wildman–Crippen LogP) is 1.86. The van der Waals surface area contributed by atoms with E-state index < -0.39 is 24.0 Å². The highest BCUT2D eigenvalue weighted by Gasteiger charge is 2.38. The first-order chi connectivity index (χ1) is 11.6. The molecule has 3 rings (SSSR count). The van der Waals surface area contributed by atoms with Crippen molar-refractivity contribution < 1.29 is 14.7 Å². The number of Topliss-reactive ketones (excluding diaryl/α,β-unsaturated/α-hetero) is 1. The van der Waals surface area contributed by atoms with Gasteiger partial charge in [-0.25, -0.2) is 0 Å². The number of nitrogens with one attached hydrogen (secondary N) is 1. The van der Waals surface area contributed by atoms with Crippen LogP contribution in [-0.4, -0.2) is 28.9 Å². The molecule has 1 aliphatic heterocycles. The van der Waals surface area contributed by atoms with Gasteiger partial charge in [-0.2, -0.15) is 0 Å². The summed E-state index contributed by atoms with van der Waals surface area (Å²) < 4.78 is 0. The second-order valence-corrected chi connectivity index (χ2v) is 6.13. The van der Waals surface area contributed by atoms with Crippen LogP contribution in [0.25, 0.3) is 0 Å². The van der Waals surface area contributed by atoms with Gasteiger partial charge in [0.2, 0.25) is 0 Å². The zero-order valence-corrected chi connectivity index (χ0v) is 13.2. The number of ketones is 1. The number of nitrogens with two attached hydrogens (primary N) is 1. The van der Waals surface area contributed by atoms with Crippen LogP contribution >= 0.6 is 0 Å². The number of fused-ring (bicyclic) bond motifs is 1. The number of rotatable bonds is 4. The van der Waals surface area contributed by atoms with Crippen LogP contribution in [0.15, 0.2) is 54.6 Å². The van der Waals surface area contributed by atoms with Crippen LogP contribution in [0.2, 0.25) is 0 Å². The van der Waals surface area contributed by atoms with E-state index in [4.69, 9.17) is 5.73 Å². The third-order valence-corrected chi connectivity index (χ3v) is 4.46. The van der Waals surface area contributed by atoms with Crippen LogP contribution in [0.3, 0.4) is 0 Å². The molecule has 2 aromatic carbocycles. The largest absolute Gasteiger partial charge is 0.481 e. The van der Waals surface area contributed by atoms with Gasteiger partial charge in [-0.15, -0.1) is 0 Å². The number of carbonyl (C=O) groups is 2. The fourth-order valence-corrected chi connectivity index (χ4v) is 3.16. The Labute approximate surface area is 140 Å². The first-order valence-electron chi connectivity index (χ1n) is 7.96. The monoisotopic (exact) mass is 324 g/mol. The molecular weight excluding hydrogens is 304 g/mol. The molecule has 0 radical (unpaired) electrons. The molecule has 0 aliphatic carbocycles. The second kappa shape index (κ2) is 6.84. The number of carbonyl (C=O) groups excluding carboxylic acids is 1. The third kappa shape index (κ3) is 3.31. The van der Waals surface area contributed by atoms with Crippen LogP contribution in [0, 0.1) is 5.92 Å². The van der Waals surface area contributed by atoms with Crippen LogP contribution in [0.5, 0.6) is 0 Å². The van der Waals surface area contributed by atoms with Crippen molar-refractivity contribution in [2.24, 2.45) is 11.7 Å². The maximum atomic E-state index is 12.7. The number of para-hydroxylation sites is 1. The number of hydrogen-bond donors (Lipinski definition) is 3. The van der Waals surface area contributed by atoms with Crippen molar-refractivity contribution in [3.63, 3.8) is 0 Å². The first-order valence-corrected chi connectivity index (χ1v) is 7.96. The maximum Gasteiger partial charge on any atom is 0.309 e. The molecule has 2 aromatic rings. The van der Waals surface area contributed by atoms with E-state index >= 15 is 0 Å². The number of carboxylic acids is 1. The van der Waals surface area contributed by atoms with Gasteiger partial charge in [-0.05, 0) is 30.0 Å². The molecule has 0 fully saturated rings. The normalized spacial score (nSPS) is 21.3. The summed E-state index contributed by atoms with van der Waals surface area (Å²) in [4.78, 5) is 24.5. The minimum atomic E-state index is -1.00. The van der Waals surface area contributed by atoms with E-state index in [1.54, 1.807) is 0 Å². The maximum absolute atomic E-state index is 12.7. The second-order valence-electron chi connectivity index (χ2n) is 6.13. The van der Waals surface area contributed by atoms with Crippen molar-refractivity contribution in [1.82, 2.24) is 0 Å². The van der Waals surface area contributed by atoms with E-state index in [0.717, 1.165) is 16.8 Å². The standard InChI is InChI=1S/C19H20N2O3/c20-15-11-13-8-4-5-9-16(13)21-17(18(15)22)14(19(23)24)10-12-6-2-1-3-7-12/h1-9,14-15,17,21H,10-11,20H2,(H,23,24). The summed E-state index contributed by atoms with van der Waals surface area (Å²) in [6, 6.07) is 15.3. The Balaban J connectivity index is 1.94. The Bertz CT molecular complexity index is 745. The van der Waals surface area contributed by atoms with Crippen molar-refractivity contribution in [2.45, 2.75) is 24.9 Å². The van der Waals surface area contributed by atoms with E-state index in [1.807, 2.05) is 54.6 Å². The molecule has 0 spiro atoms. The number of anilines is 1. The number of hydrogen-bond acceptors (Lipinski definition) is 4. The van der Waals surface area contributed by atoms with Crippen molar-refractivity contribution in [3.05, 3.63) is 65.7 Å².